The van der Waals surface area contributed by atoms with Gasteiger partial charge >= 0.3 is 6.03 Å². The summed E-state index contributed by atoms with van der Waals surface area (Å²) < 4.78 is 11.4. The molecule has 0 aromatic heterocycles. The molecule has 1 heterocycles. The van der Waals surface area contributed by atoms with Crippen molar-refractivity contribution in [3.8, 4) is 5.75 Å². The second kappa shape index (κ2) is 10.3. The Morgan fingerprint density at radius 2 is 1.66 bits per heavy atom. The monoisotopic (exact) mass is 474 g/mol. The maximum atomic E-state index is 13.2. The van der Waals surface area contributed by atoms with Crippen LogP contribution >= 0.6 is 0 Å². The van der Waals surface area contributed by atoms with Gasteiger partial charge in [0.2, 0.25) is 0 Å². The van der Waals surface area contributed by atoms with Crippen molar-refractivity contribution in [3.05, 3.63) is 101 Å². The predicted molar refractivity (Wildman–Crippen MR) is 132 cm³/mol. The Labute approximate surface area is 205 Å². The van der Waals surface area contributed by atoms with Crippen LogP contribution in [0.3, 0.4) is 0 Å². The van der Waals surface area contributed by atoms with E-state index < -0.39 is 29.7 Å². The number of aliphatic hydroxyl groups is 1. The van der Waals surface area contributed by atoms with E-state index in [9.17, 15) is 14.7 Å². The van der Waals surface area contributed by atoms with Crippen LogP contribution in [0.15, 0.2) is 78.9 Å². The van der Waals surface area contributed by atoms with Gasteiger partial charge in [0.15, 0.2) is 0 Å². The van der Waals surface area contributed by atoms with Gasteiger partial charge in [-0.3, -0.25) is 9.69 Å². The third kappa shape index (κ3) is 5.21. The zero-order chi connectivity index (χ0) is 25.0. The summed E-state index contributed by atoms with van der Waals surface area (Å²) in [5, 5.41) is 13.5. The molecular weight excluding hydrogens is 444 g/mol. The topological polar surface area (TPSA) is 88.1 Å². The fourth-order valence-corrected chi connectivity index (χ4v) is 4.22. The quantitative estimate of drug-likeness (QED) is 0.459. The zero-order valence-electron chi connectivity index (χ0n) is 20.1. The molecule has 1 saturated heterocycles. The van der Waals surface area contributed by atoms with Gasteiger partial charge < -0.3 is 19.9 Å². The van der Waals surface area contributed by atoms with Crippen LogP contribution in [0, 0.1) is 6.92 Å². The number of hydrogen-bond donors (Lipinski definition) is 2. The van der Waals surface area contributed by atoms with Gasteiger partial charge in [0.05, 0.1) is 26.4 Å². The molecule has 1 fully saturated rings. The van der Waals surface area contributed by atoms with E-state index in [0.29, 0.717) is 11.3 Å². The lowest BCUT2D eigenvalue weighted by atomic mass is 9.92. The van der Waals surface area contributed by atoms with Gasteiger partial charge in [-0.2, -0.15) is 0 Å². The van der Waals surface area contributed by atoms with Gasteiger partial charge in [-0.25, -0.2) is 4.79 Å². The van der Waals surface area contributed by atoms with Gasteiger partial charge in [0, 0.05) is 0 Å². The number of nitrogens with one attached hydrogen (secondary N) is 1. The summed E-state index contributed by atoms with van der Waals surface area (Å²) in [5.41, 5.74) is 2.39. The van der Waals surface area contributed by atoms with Crippen LogP contribution in [-0.2, 0) is 15.1 Å². The number of urea groups is 1. The van der Waals surface area contributed by atoms with E-state index in [0.717, 1.165) is 21.6 Å². The number of amides is 3. The highest BCUT2D eigenvalue weighted by atomic mass is 16.5. The zero-order valence-corrected chi connectivity index (χ0v) is 20.1. The van der Waals surface area contributed by atoms with Gasteiger partial charge in [0.1, 0.15) is 17.4 Å². The second-order valence-corrected chi connectivity index (χ2v) is 8.89. The van der Waals surface area contributed by atoms with E-state index in [2.05, 4.69) is 5.32 Å². The number of methoxy groups -OCH3 is 1. The molecule has 35 heavy (non-hydrogen) atoms. The minimum atomic E-state index is -1.25. The highest BCUT2D eigenvalue weighted by Gasteiger charge is 2.49. The van der Waals surface area contributed by atoms with Crippen LogP contribution < -0.4 is 10.1 Å². The Morgan fingerprint density at radius 3 is 2.34 bits per heavy atom. The Hall–Kier alpha value is -3.68. The summed E-state index contributed by atoms with van der Waals surface area (Å²) in [7, 11) is 1.54. The molecule has 182 valence electrons. The van der Waals surface area contributed by atoms with Crippen LogP contribution in [0.25, 0.3) is 0 Å². The number of hydrogen-bond acceptors (Lipinski definition) is 5. The summed E-state index contributed by atoms with van der Waals surface area (Å²) in [6, 6.07) is 24.2. The number of imide groups is 1. The lowest BCUT2D eigenvalue weighted by Gasteiger charge is -2.24. The molecule has 4 rings (SSSR count). The number of aliphatic hydroxyl groups excluding tert-OH is 1. The van der Waals surface area contributed by atoms with Crippen molar-refractivity contribution in [1.82, 2.24) is 10.2 Å². The van der Waals surface area contributed by atoms with Gasteiger partial charge in [-0.05, 0) is 42.7 Å². The number of benzene rings is 3. The third-order valence-corrected chi connectivity index (χ3v) is 6.25. The van der Waals surface area contributed by atoms with Crippen molar-refractivity contribution in [2.45, 2.75) is 31.6 Å². The van der Waals surface area contributed by atoms with Crippen LogP contribution in [0.4, 0.5) is 4.79 Å². The molecule has 0 spiro atoms. The van der Waals surface area contributed by atoms with E-state index in [4.69, 9.17) is 9.47 Å². The molecule has 2 N–H and O–H groups in total. The molecule has 0 saturated carbocycles. The van der Waals surface area contributed by atoms with Gasteiger partial charge in [-0.1, -0.05) is 72.3 Å². The molecule has 0 bridgehead atoms. The number of aryl methyl sites for hydroxylation is 1. The Balaban J connectivity index is 1.46. The molecule has 1 aliphatic heterocycles. The molecule has 1 aliphatic rings. The first kappa shape index (κ1) is 24.4. The number of rotatable bonds is 9. The first-order chi connectivity index (χ1) is 16.8. The smallest absolute Gasteiger partial charge is 0.325 e. The highest BCUT2D eigenvalue weighted by Crippen LogP contribution is 2.31. The Bertz CT molecular complexity index is 1180. The summed E-state index contributed by atoms with van der Waals surface area (Å²) in [4.78, 5) is 27.0. The molecule has 3 atom stereocenters. The molecule has 7 heteroatoms. The van der Waals surface area contributed by atoms with Crippen LogP contribution in [0.2, 0.25) is 0 Å². The summed E-state index contributed by atoms with van der Waals surface area (Å²) >= 11 is 0. The van der Waals surface area contributed by atoms with Crippen molar-refractivity contribution in [1.29, 1.82) is 0 Å². The fraction of sp³-hybridized carbons (Fsp3) is 0.286. The van der Waals surface area contributed by atoms with E-state index in [-0.39, 0.29) is 13.2 Å². The normalized spacial score (nSPS) is 19.4. The molecule has 3 aromatic rings. The molecule has 3 amide bonds. The molecular formula is C28H30N2O5. The molecule has 0 unspecified atom stereocenters. The fourth-order valence-electron chi connectivity index (χ4n) is 4.22. The molecule has 3 aromatic carbocycles. The largest absolute Gasteiger partial charge is 0.497 e. The lowest BCUT2D eigenvalue weighted by molar-refractivity contribution is -0.132. The average Bonchev–Trinajstić information content (AvgIpc) is 3.09. The third-order valence-electron chi connectivity index (χ3n) is 6.25. The van der Waals surface area contributed by atoms with Crippen molar-refractivity contribution in [3.63, 3.8) is 0 Å². The van der Waals surface area contributed by atoms with Crippen LogP contribution in [0.1, 0.15) is 35.3 Å². The number of nitrogens with zero attached hydrogens (tertiary/aromatic N) is 1. The van der Waals surface area contributed by atoms with Crippen molar-refractivity contribution >= 4 is 11.9 Å². The van der Waals surface area contributed by atoms with E-state index in [1.165, 1.54) is 0 Å². The summed E-state index contributed by atoms with van der Waals surface area (Å²) in [6.45, 7) is 3.43. The minimum Gasteiger partial charge on any atom is -0.497 e. The summed E-state index contributed by atoms with van der Waals surface area (Å²) in [5.74, 6) is 0.147. The first-order valence-electron chi connectivity index (χ1n) is 11.5. The number of β-amino-alcohol motifs (C(OH)–C–C–N with tert-alkyl or cyclic N) is 1. The number of carbonyl (C=O) groups is 2. The van der Waals surface area contributed by atoms with E-state index in [1.807, 2.05) is 61.5 Å². The minimum absolute atomic E-state index is 0.0552. The van der Waals surface area contributed by atoms with Crippen molar-refractivity contribution in [2.75, 3.05) is 20.3 Å². The average molecular weight is 475 g/mol. The first-order valence-corrected chi connectivity index (χ1v) is 11.5. The lowest BCUT2D eigenvalue weighted by Crippen LogP contribution is -2.42. The van der Waals surface area contributed by atoms with Crippen LogP contribution in [0.5, 0.6) is 5.75 Å². The number of ether oxygens (including phenoxy) is 2. The van der Waals surface area contributed by atoms with Crippen LogP contribution in [-0.4, -0.2) is 48.3 Å². The summed E-state index contributed by atoms with van der Waals surface area (Å²) in [6.07, 6.45) is -1.45. The maximum absolute atomic E-state index is 13.2. The van der Waals surface area contributed by atoms with E-state index in [1.54, 1.807) is 38.3 Å². The Kier molecular flexibility index (Phi) is 7.19. The highest BCUT2D eigenvalue weighted by molar-refractivity contribution is 6.07. The SMILES string of the molecule is COc1cccc([C@]2(C)NC(=O)N(C[C@@H](O)CO[C@H](c3ccccc3)c3ccc(C)cc3)C2=O)c1. The number of carbonyl (C=O) groups excluding carboxylic acids is 2. The molecule has 0 aliphatic carbocycles. The maximum Gasteiger partial charge on any atom is 0.325 e. The predicted octanol–water partition coefficient (Wildman–Crippen LogP) is 3.94. The Morgan fingerprint density at radius 1 is 0.971 bits per heavy atom. The van der Waals surface area contributed by atoms with Gasteiger partial charge in [0.25, 0.3) is 5.91 Å². The van der Waals surface area contributed by atoms with Crippen molar-refractivity contribution < 1.29 is 24.2 Å². The second-order valence-electron chi connectivity index (χ2n) is 8.89. The van der Waals surface area contributed by atoms with E-state index >= 15 is 0 Å². The molecule has 7 nitrogen and oxygen atoms in total. The van der Waals surface area contributed by atoms with Crippen molar-refractivity contribution in [2.24, 2.45) is 0 Å². The van der Waals surface area contributed by atoms with Gasteiger partial charge in [-0.15, -0.1) is 0 Å². The molecule has 0 radical (unpaired) electrons. The standard InChI is InChI=1S/C28H30N2O5/c1-19-12-14-21(15-13-19)25(20-8-5-4-6-9-20)35-18-23(31)17-30-26(32)28(2,29-27(30)33)22-10-7-11-24(16-22)34-3/h4-16,23,25,31H,17-18H2,1-3H3,(H,29,33)/t23-,25-,28+/m1/s1.